The van der Waals surface area contributed by atoms with Crippen LogP contribution in [0.4, 0.5) is 0 Å². The highest BCUT2D eigenvalue weighted by Gasteiger charge is 2.58. The van der Waals surface area contributed by atoms with Crippen LogP contribution in [0.25, 0.3) is 0 Å². The Hall–Kier alpha value is 0.530. The molecule has 7 heteroatoms. The molecule has 15 heavy (non-hydrogen) atoms. The number of halogens is 5. The number of allylic oxidation sites excluding steroid dienone is 2. The number of ketones is 1. The van der Waals surface area contributed by atoms with Gasteiger partial charge in [0.15, 0.2) is 0 Å². The SMILES string of the molecule is CC1(Cl)C(=N)C(CCl)=C(Cl)C(=O)C1(Cl)Cl. The lowest BCUT2D eigenvalue weighted by molar-refractivity contribution is -0.116. The fourth-order valence-electron chi connectivity index (χ4n) is 1.16. The second-order valence-corrected chi connectivity index (χ2v) is 5.94. The van der Waals surface area contributed by atoms with Gasteiger partial charge < -0.3 is 5.41 Å². The minimum atomic E-state index is -1.95. The molecule has 1 atom stereocenters. The lowest BCUT2D eigenvalue weighted by Crippen LogP contribution is -2.55. The van der Waals surface area contributed by atoms with Crippen molar-refractivity contribution in [1.29, 1.82) is 5.41 Å². The lowest BCUT2D eigenvalue weighted by atomic mass is 9.86. The standard InChI is InChI=1S/C8H6Cl5NO/c1-7(11)5(14)3(2-9)4(10)6(15)8(7,12)13/h14H,2H2,1H3. The van der Waals surface area contributed by atoms with Crippen LogP contribution in [0, 0.1) is 5.41 Å². The molecule has 1 rings (SSSR count). The van der Waals surface area contributed by atoms with E-state index in [0.29, 0.717) is 0 Å². The fourth-order valence-corrected chi connectivity index (χ4v) is 2.48. The minimum Gasteiger partial charge on any atom is -0.303 e. The number of carbonyl (C=O) groups is 1. The van der Waals surface area contributed by atoms with Crippen molar-refractivity contribution in [3.63, 3.8) is 0 Å². The van der Waals surface area contributed by atoms with E-state index in [0.717, 1.165) is 0 Å². The van der Waals surface area contributed by atoms with Crippen molar-refractivity contribution in [2.24, 2.45) is 0 Å². The van der Waals surface area contributed by atoms with Crippen molar-refractivity contribution in [3.05, 3.63) is 10.6 Å². The van der Waals surface area contributed by atoms with Crippen LogP contribution in [0.3, 0.4) is 0 Å². The summed E-state index contributed by atoms with van der Waals surface area (Å²) in [6.45, 7) is 1.38. The van der Waals surface area contributed by atoms with E-state index in [4.69, 9.17) is 63.4 Å². The van der Waals surface area contributed by atoms with Gasteiger partial charge in [0.2, 0.25) is 10.1 Å². The van der Waals surface area contributed by atoms with Gasteiger partial charge in [-0.3, -0.25) is 4.79 Å². The second kappa shape index (κ2) is 4.08. The van der Waals surface area contributed by atoms with Crippen LogP contribution in [-0.4, -0.2) is 26.6 Å². The molecule has 84 valence electrons. The van der Waals surface area contributed by atoms with E-state index in [-0.39, 0.29) is 22.2 Å². The summed E-state index contributed by atoms with van der Waals surface area (Å²) in [6.07, 6.45) is 0. The van der Waals surface area contributed by atoms with Gasteiger partial charge in [-0.2, -0.15) is 0 Å². The maximum Gasteiger partial charge on any atom is 0.212 e. The third kappa shape index (κ3) is 1.81. The van der Waals surface area contributed by atoms with Gasteiger partial charge in [-0.1, -0.05) is 34.8 Å². The fraction of sp³-hybridized carbons (Fsp3) is 0.500. The molecule has 1 unspecified atom stereocenters. The van der Waals surface area contributed by atoms with Gasteiger partial charge in [-0.15, -0.1) is 23.2 Å². The van der Waals surface area contributed by atoms with Gasteiger partial charge in [0.05, 0.1) is 16.6 Å². The molecule has 1 aliphatic carbocycles. The van der Waals surface area contributed by atoms with Crippen molar-refractivity contribution in [2.45, 2.75) is 16.1 Å². The Balaban J connectivity index is 3.47. The largest absolute Gasteiger partial charge is 0.303 e. The van der Waals surface area contributed by atoms with Crippen molar-refractivity contribution in [2.75, 3.05) is 5.88 Å². The van der Waals surface area contributed by atoms with Crippen molar-refractivity contribution >= 4 is 69.5 Å². The van der Waals surface area contributed by atoms with Crippen LogP contribution < -0.4 is 0 Å². The summed E-state index contributed by atoms with van der Waals surface area (Å²) in [7, 11) is 0. The van der Waals surface area contributed by atoms with E-state index in [1.807, 2.05) is 0 Å². The number of hydrogen-bond donors (Lipinski definition) is 1. The predicted octanol–water partition coefficient (Wildman–Crippen LogP) is 3.49. The summed E-state index contributed by atoms with van der Waals surface area (Å²) in [5.41, 5.74) is 0.0338. The van der Waals surface area contributed by atoms with Crippen LogP contribution in [0.1, 0.15) is 6.92 Å². The Morgan fingerprint density at radius 1 is 1.33 bits per heavy atom. The first-order chi connectivity index (χ1) is 6.67. The summed E-state index contributed by atoms with van der Waals surface area (Å²) in [6, 6.07) is 0. The van der Waals surface area contributed by atoms with Crippen molar-refractivity contribution in [1.82, 2.24) is 0 Å². The number of hydrogen-bond acceptors (Lipinski definition) is 2. The summed E-state index contributed by atoms with van der Waals surface area (Å²) in [5.74, 6) is -0.813. The third-order valence-corrected chi connectivity index (χ3v) is 4.68. The van der Waals surface area contributed by atoms with E-state index < -0.39 is 15.0 Å². The summed E-state index contributed by atoms with van der Waals surface area (Å²) >= 11 is 28.9. The molecule has 0 aliphatic heterocycles. The normalized spacial score (nSPS) is 31.1. The summed E-state index contributed by atoms with van der Waals surface area (Å²) in [5, 5.41) is 7.52. The molecule has 1 N–H and O–H groups in total. The highest BCUT2D eigenvalue weighted by molar-refractivity contribution is 6.72. The van der Waals surface area contributed by atoms with Crippen LogP contribution in [0.2, 0.25) is 0 Å². The summed E-state index contributed by atoms with van der Waals surface area (Å²) < 4.78 is -1.95. The summed E-state index contributed by atoms with van der Waals surface area (Å²) in [4.78, 5) is 10.2. The van der Waals surface area contributed by atoms with Gasteiger partial charge in [0.1, 0.15) is 4.87 Å². The zero-order valence-electron chi connectivity index (χ0n) is 7.51. The van der Waals surface area contributed by atoms with Crippen LogP contribution in [0.5, 0.6) is 0 Å². The number of nitrogens with one attached hydrogen (secondary N) is 1. The predicted molar refractivity (Wildman–Crippen MR) is 65.0 cm³/mol. The molecule has 0 aromatic carbocycles. The van der Waals surface area contributed by atoms with Crippen molar-refractivity contribution < 1.29 is 4.79 Å². The molecule has 0 amide bonds. The van der Waals surface area contributed by atoms with Gasteiger partial charge in [-0.05, 0) is 6.92 Å². The first-order valence-electron chi connectivity index (χ1n) is 3.83. The van der Waals surface area contributed by atoms with Gasteiger partial charge in [-0.25, -0.2) is 0 Å². The molecule has 0 saturated carbocycles. The molecule has 0 radical (unpaired) electrons. The molecule has 0 aromatic rings. The van der Waals surface area contributed by atoms with Crippen molar-refractivity contribution in [3.8, 4) is 0 Å². The molecular formula is C8H6Cl5NO. The molecule has 0 bridgehead atoms. The number of alkyl halides is 4. The average molecular weight is 309 g/mol. The lowest BCUT2D eigenvalue weighted by Gasteiger charge is -2.38. The molecule has 0 saturated heterocycles. The van der Waals surface area contributed by atoms with E-state index in [9.17, 15) is 4.79 Å². The van der Waals surface area contributed by atoms with Gasteiger partial charge >= 0.3 is 0 Å². The molecular weight excluding hydrogens is 303 g/mol. The monoisotopic (exact) mass is 307 g/mol. The Bertz CT molecular complexity index is 371. The van der Waals surface area contributed by atoms with E-state index in [1.54, 1.807) is 0 Å². The van der Waals surface area contributed by atoms with E-state index >= 15 is 0 Å². The maximum atomic E-state index is 11.7. The quantitative estimate of drug-likeness (QED) is 0.740. The third-order valence-electron chi connectivity index (χ3n) is 2.24. The van der Waals surface area contributed by atoms with Crippen LogP contribution in [0.15, 0.2) is 10.6 Å². The second-order valence-electron chi connectivity index (χ2n) is 3.21. The maximum absolute atomic E-state index is 11.7. The Labute approximate surface area is 112 Å². The van der Waals surface area contributed by atoms with Crippen LogP contribution >= 0.6 is 58.0 Å². The zero-order chi connectivity index (χ0) is 12.0. The number of Topliss-reactive ketones (excluding diaryl/α,β-unsaturated/α-hetero) is 1. The van der Waals surface area contributed by atoms with Gasteiger partial charge in [0.25, 0.3) is 0 Å². The van der Waals surface area contributed by atoms with Gasteiger partial charge in [0, 0.05) is 5.57 Å². The Kier molecular flexibility index (Phi) is 3.70. The molecule has 0 heterocycles. The average Bonchev–Trinajstić information content (AvgIpc) is 2.15. The van der Waals surface area contributed by atoms with E-state index in [2.05, 4.69) is 0 Å². The Morgan fingerprint density at radius 3 is 2.20 bits per heavy atom. The zero-order valence-corrected chi connectivity index (χ0v) is 11.3. The molecule has 0 aromatic heterocycles. The minimum absolute atomic E-state index is 0.0877. The topological polar surface area (TPSA) is 40.9 Å². The first kappa shape index (κ1) is 13.6. The van der Waals surface area contributed by atoms with Crippen LogP contribution in [-0.2, 0) is 4.79 Å². The smallest absolute Gasteiger partial charge is 0.212 e. The highest BCUT2D eigenvalue weighted by atomic mass is 35.5. The van der Waals surface area contributed by atoms with E-state index in [1.165, 1.54) is 6.92 Å². The Morgan fingerprint density at radius 2 is 1.80 bits per heavy atom. The first-order valence-corrected chi connectivity index (χ1v) is 5.88. The molecule has 1 aliphatic rings. The molecule has 0 fully saturated rings. The molecule has 2 nitrogen and oxygen atoms in total. The number of carbonyl (C=O) groups excluding carboxylic acids is 1. The number of rotatable bonds is 1. The highest BCUT2D eigenvalue weighted by Crippen LogP contribution is 2.48. The molecule has 0 spiro atoms.